The van der Waals surface area contributed by atoms with Gasteiger partial charge >= 0.3 is 0 Å². The maximum Gasteiger partial charge on any atom is 0.0427 e. The Kier molecular flexibility index (Phi) is 1.62. The average molecular weight is 163 g/mol. The van der Waals surface area contributed by atoms with Crippen LogP contribution in [0, 0.1) is 0 Å². The second kappa shape index (κ2) is 2.62. The SMILES string of the molecule is SC1=CCNc2ccccc21. The number of thiol groups is 1. The summed E-state index contributed by atoms with van der Waals surface area (Å²) in [6.07, 6.45) is 2.07. The molecule has 0 spiro atoms. The van der Waals surface area contributed by atoms with Gasteiger partial charge in [0.15, 0.2) is 0 Å². The van der Waals surface area contributed by atoms with Gasteiger partial charge in [0.25, 0.3) is 0 Å². The molecule has 1 nitrogen and oxygen atoms in total. The molecular weight excluding hydrogens is 154 g/mol. The van der Waals surface area contributed by atoms with Gasteiger partial charge in [-0.25, -0.2) is 0 Å². The first-order valence-electron chi connectivity index (χ1n) is 3.60. The van der Waals surface area contributed by atoms with Crippen LogP contribution < -0.4 is 5.32 Å². The van der Waals surface area contributed by atoms with Crippen LogP contribution in [0.3, 0.4) is 0 Å². The van der Waals surface area contributed by atoms with E-state index in [2.05, 4.69) is 36.2 Å². The fraction of sp³-hybridized carbons (Fsp3) is 0.111. The van der Waals surface area contributed by atoms with Gasteiger partial charge in [0.2, 0.25) is 0 Å². The minimum atomic E-state index is 0.885. The Balaban J connectivity index is 2.56. The Morgan fingerprint density at radius 3 is 2.91 bits per heavy atom. The Bertz CT molecular complexity index is 304. The molecule has 0 aliphatic carbocycles. The number of nitrogens with one attached hydrogen (secondary N) is 1. The van der Waals surface area contributed by atoms with Gasteiger partial charge < -0.3 is 5.32 Å². The molecule has 11 heavy (non-hydrogen) atoms. The number of rotatable bonds is 0. The van der Waals surface area contributed by atoms with Crippen molar-refractivity contribution in [1.82, 2.24) is 0 Å². The lowest BCUT2D eigenvalue weighted by Gasteiger charge is -2.15. The third kappa shape index (κ3) is 1.14. The fourth-order valence-corrected chi connectivity index (χ4v) is 1.51. The number of fused-ring (bicyclic) bond motifs is 1. The van der Waals surface area contributed by atoms with Crippen molar-refractivity contribution in [2.45, 2.75) is 0 Å². The molecule has 1 aliphatic rings. The minimum Gasteiger partial charge on any atom is -0.381 e. The van der Waals surface area contributed by atoms with Crippen molar-refractivity contribution in [2.24, 2.45) is 0 Å². The summed E-state index contributed by atoms with van der Waals surface area (Å²) in [7, 11) is 0. The van der Waals surface area contributed by atoms with E-state index in [1.807, 2.05) is 12.1 Å². The molecule has 0 saturated heterocycles. The van der Waals surface area contributed by atoms with Crippen molar-refractivity contribution in [3.63, 3.8) is 0 Å². The van der Waals surface area contributed by atoms with E-state index in [0.29, 0.717) is 0 Å². The van der Waals surface area contributed by atoms with E-state index in [0.717, 1.165) is 11.4 Å². The maximum absolute atomic E-state index is 4.36. The normalized spacial score (nSPS) is 14.8. The number of benzene rings is 1. The van der Waals surface area contributed by atoms with Crippen molar-refractivity contribution < 1.29 is 0 Å². The highest BCUT2D eigenvalue weighted by Crippen LogP contribution is 2.28. The molecule has 2 rings (SSSR count). The van der Waals surface area contributed by atoms with Crippen LogP contribution in [0.4, 0.5) is 5.69 Å². The second-order valence-corrected chi connectivity index (χ2v) is 3.00. The van der Waals surface area contributed by atoms with Gasteiger partial charge in [0, 0.05) is 22.7 Å². The molecule has 0 radical (unpaired) electrons. The summed E-state index contributed by atoms with van der Waals surface area (Å²) in [6, 6.07) is 8.19. The number of hydrogen-bond donors (Lipinski definition) is 2. The molecule has 1 aliphatic heterocycles. The Morgan fingerprint density at radius 2 is 2.09 bits per heavy atom. The molecule has 0 saturated carbocycles. The molecule has 2 heteroatoms. The van der Waals surface area contributed by atoms with Crippen LogP contribution in [-0.4, -0.2) is 6.54 Å². The Hall–Kier alpha value is -0.890. The van der Waals surface area contributed by atoms with Crippen LogP contribution in [-0.2, 0) is 0 Å². The summed E-state index contributed by atoms with van der Waals surface area (Å²) in [6.45, 7) is 0.885. The van der Waals surface area contributed by atoms with E-state index < -0.39 is 0 Å². The van der Waals surface area contributed by atoms with E-state index in [9.17, 15) is 0 Å². The first-order chi connectivity index (χ1) is 5.38. The summed E-state index contributed by atoms with van der Waals surface area (Å²) in [4.78, 5) is 1.07. The predicted octanol–water partition coefficient (Wildman–Crippen LogP) is 2.38. The van der Waals surface area contributed by atoms with Crippen LogP contribution in [0.5, 0.6) is 0 Å². The molecule has 0 fully saturated rings. The highest BCUT2D eigenvalue weighted by atomic mass is 32.1. The molecule has 56 valence electrons. The maximum atomic E-state index is 4.36. The highest BCUT2D eigenvalue weighted by Gasteiger charge is 2.06. The monoisotopic (exact) mass is 163 g/mol. The first-order valence-corrected chi connectivity index (χ1v) is 4.05. The lowest BCUT2D eigenvalue weighted by Crippen LogP contribution is -2.05. The Morgan fingerprint density at radius 1 is 1.27 bits per heavy atom. The van der Waals surface area contributed by atoms with Gasteiger partial charge in [-0.3, -0.25) is 0 Å². The zero-order valence-electron chi connectivity index (χ0n) is 6.04. The van der Waals surface area contributed by atoms with Gasteiger partial charge in [-0.15, -0.1) is 12.6 Å². The summed E-state index contributed by atoms with van der Waals surface area (Å²) in [5, 5.41) is 3.27. The Labute approximate surface area is 71.5 Å². The molecule has 1 N–H and O–H groups in total. The second-order valence-electron chi connectivity index (χ2n) is 2.52. The minimum absolute atomic E-state index is 0.885. The van der Waals surface area contributed by atoms with Crippen LogP contribution in [0.2, 0.25) is 0 Å². The van der Waals surface area contributed by atoms with Crippen LogP contribution >= 0.6 is 12.6 Å². The molecule has 1 heterocycles. The number of anilines is 1. The molecule has 0 bridgehead atoms. The van der Waals surface area contributed by atoms with Crippen molar-refractivity contribution in [3.05, 3.63) is 35.9 Å². The third-order valence-electron chi connectivity index (χ3n) is 1.79. The first kappa shape index (κ1) is 6.80. The van der Waals surface area contributed by atoms with Gasteiger partial charge in [0.1, 0.15) is 0 Å². The predicted molar refractivity (Wildman–Crippen MR) is 51.9 cm³/mol. The summed E-state index contributed by atoms with van der Waals surface area (Å²) in [5.41, 5.74) is 2.38. The average Bonchev–Trinajstić information content (AvgIpc) is 2.06. The van der Waals surface area contributed by atoms with Crippen LogP contribution in [0.15, 0.2) is 30.3 Å². The number of hydrogen-bond acceptors (Lipinski definition) is 2. The molecule has 0 unspecified atom stereocenters. The van der Waals surface area contributed by atoms with Crippen molar-refractivity contribution >= 4 is 23.2 Å². The lowest BCUT2D eigenvalue weighted by molar-refractivity contribution is 1.31. The smallest absolute Gasteiger partial charge is 0.0427 e. The zero-order chi connectivity index (χ0) is 7.68. The van der Waals surface area contributed by atoms with Crippen molar-refractivity contribution in [2.75, 3.05) is 11.9 Å². The molecule has 1 aromatic carbocycles. The third-order valence-corrected chi connectivity index (χ3v) is 2.21. The van der Waals surface area contributed by atoms with Crippen LogP contribution in [0.1, 0.15) is 5.56 Å². The zero-order valence-corrected chi connectivity index (χ0v) is 6.94. The van der Waals surface area contributed by atoms with Gasteiger partial charge in [-0.1, -0.05) is 24.3 Å². The molecule has 1 aromatic rings. The van der Waals surface area contributed by atoms with Crippen molar-refractivity contribution in [3.8, 4) is 0 Å². The van der Waals surface area contributed by atoms with Crippen LogP contribution in [0.25, 0.3) is 4.91 Å². The van der Waals surface area contributed by atoms with E-state index >= 15 is 0 Å². The topological polar surface area (TPSA) is 12.0 Å². The standard InChI is InChI=1S/C9H9NS/c11-9-5-6-10-8-4-2-1-3-7(8)9/h1-5,10-11H,6H2. The summed E-state index contributed by atoms with van der Waals surface area (Å²) >= 11 is 4.36. The van der Waals surface area contributed by atoms with E-state index in [1.54, 1.807) is 0 Å². The molecule has 0 aromatic heterocycles. The van der Waals surface area contributed by atoms with Gasteiger partial charge in [-0.2, -0.15) is 0 Å². The summed E-state index contributed by atoms with van der Waals surface area (Å²) < 4.78 is 0. The van der Waals surface area contributed by atoms with Gasteiger partial charge in [-0.05, 0) is 6.07 Å². The molecule has 0 amide bonds. The van der Waals surface area contributed by atoms with Gasteiger partial charge in [0.05, 0.1) is 0 Å². The lowest BCUT2D eigenvalue weighted by atomic mass is 10.1. The van der Waals surface area contributed by atoms with E-state index in [1.165, 1.54) is 11.3 Å². The summed E-state index contributed by atoms with van der Waals surface area (Å²) in [5.74, 6) is 0. The van der Waals surface area contributed by atoms with E-state index in [4.69, 9.17) is 0 Å². The molecule has 0 atom stereocenters. The largest absolute Gasteiger partial charge is 0.381 e. The highest BCUT2D eigenvalue weighted by molar-refractivity contribution is 7.90. The fourth-order valence-electron chi connectivity index (χ4n) is 1.23. The number of para-hydroxylation sites is 1. The van der Waals surface area contributed by atoms with E-state index in [-0.39, 0.29) is 0 Å². The quantitative estimate of drug-likeness (QED) is 0.560. The van der Waals surface area contributed by atoms with Crippen molar-refractivity contribution in [1.29, 1.82) is 0 Å². The molecular formula is C9H9NS.